The summed E-state index contributed by atoms with van der Waals surface area (Å²) < 4.78 is 1.57. The third-order valence-corrected chi connectivity index (χ3v) is 4.94. The lowest BCUT2D eigenvalue weighted by Gasteiger charge is -2.11. The minimum atomic E-state index is -0.206. The van der Waals surface area contributed by atoms with Crippen molar-refractivity contribution in [1.82, 2.24) is 9.55 Å². The number of fused-ring (bicyclic) bond motifs is 1. The van der Waals surface area contributed by atoms with Crippen molar-refractivity contribution in [3.8, 4) is 0 Å². The second-order valence-electron chi connectivity index (χ2n) is 6.06. The summed E-state index contributed by atoms with van der Waals surface area (Å²) in [4.78, 5) is 40.5. The van der Waals surface area contributed by atoms with Crippen molar-refractivity contribution in [2.24, 2.45) is 0 Å². The zero-order chi connectivity index (χ0) is 20.1. The third-order valence-electron chi connectivity index (χ3n) is 3.96. The van der Waals surface area contributed by atoms with Crippen LogP contribution in [0.2, 0.25) is 0 Å². The molecule has 3 aromatic rings. The molecule has 3 rings (SSSR count). The molecule has 0 atom stereocenters. The van der Waals surface area contributed by atoms with Gasteiger partial charge in [0.15, 0.2) is 5.16 Å². The van der Waals surface area contributed by atoms with Crippen LogP contribution in [0.5, 0.6) is 0 Å². The Bertz CT molecular complexity index is 1080. The third kappa shape index (κ3) is 4.58. The van der Waals surface area contributed by atoms with Gasteiger partial charge < -0.3 is 10.6 Å². The Morgan fingerprint density at radius 1 is 1.04 bits per heavy atom. The number of benzene rings is 2. The first kappa shape index (κ1) is 19.6. The highest BCUT2D eigenvalue weighted by Gasteiger charge is 2.12. The van der Waals surface area contributed by atoms with E-state index in [2.05, 4.69) is 15.6 Å². The van der Waals surface area contributed by atoms with Crippen LogP contribution in [0, 0.1) is 0 Å². The molecule has 0 aliphatic rings. The summed E-state index contributed by atoms with van der Waals surface area (Å²) in [7, 11) is 0. The van der Waals surface area contributed by atoms with E-state index in [0.29, 0.717) is 34.0 Å². The number of carbonyl (C=O) groups is 2. The van der Waals surface area contributed by atoms with Gasteiger partial charge in [-0.05, 0) is 43.3 Å². The fourth-order valence-corrected chi connectivity index (χ4v) is 3.57. The highest BCUT2D eigenvalue weighted by Crippen LogP contribution is 2.19. The van der Waals surface area contributed by atoms with Gasteiger partial charge in [0, 0.05) is 24.8 Å². The topological polar surface area (TPSA) is 93.1 Å². The molecule has 0 unspecified atom stereocenters. The Balaban J connectivity index is 1.69. The molecule has 0 aliphatic carbocycles. The Morgan fingerprint density at radius 3 is 2.32 bits per heavy atom. The first-order chi connectivity index (χ1) is 13.5. The second kappa shape index (κ2) is 8.71. The van der Waals surface area contributed by atoms with E-state index in [1.165, 1.54) is 18.7 Å². The Labute approximate surface area is 166 Å². The molecule has 0 bridgehead atoms. The van der Waals surface area contributed by atoms with E-state index < -0.39 is 0 Å². The predicted octanol–water partition coefficient (Wildman–Crippen LogP) is 3.11. The standard InChI is InChI=1S/C20H20N4O3S/c1-3-24-19(27)16-6-4-5-7-17(16)23-20(24)28-12-18(26)22-15-10-8-14(9-11-15)21-13(2)25/h4-11H,3,12H2,1-2H3,(H,21,25)(H,22,26). The van der Waals surface area contributed by atoms with Crippen molar-refractivity contribution in [1.29, 1.82) is 0 Å². The molecule has 28 heavy (non-hydrogen) atoms. The van der Waals surface area contributed by atoms with Crippen LogP contribution in [-0.4, -0.2) is 27.1 Å². The molecule has 0 radical (unpaired) electrons. The van der Waals surface area contributed by atoms with Gasteiger partial charge >= 0.3 is 0 Å². The van der Waals surface area contributed by atoms with Crippen LogP contribution in [0.4, 0.5) is 11.4 Å². The summed E-state index contributed by atoms with van der Waals surface area (Å²) in [5, 5.41) is 6.55. The second-order valence-corrected chi connectivity index (χ2v) is 7.00. The lowest BCUT2D eigenvalue weighted by molar-refractivity contribution is -0.114. The largest absolute Gasteiger partial charge is 0.326 e. The molecular formula is C20H20N4O3S. The lowest BCUT2D eigenvalue weighted by Crippen LogP contribution is -2.23. The Kier molecular flexibility index (Phi) is 6.10. The lowest BCUT2D eigenvalue weighted by atomic mass is 10.2. The maximum Gasteiger partial charge on any atom is 0.262 e. The molecule has 0 saturated carbocycles. The maximum atomic E-state index is 12.6. The Hall–Kier alpha value is -3.13. The van der Waals surface area contributed by atoms with Gasteiger partial charge in [-0.2, -0.15) is 0 Å². The van der Waals surface area contributed by atoms with Crippen molar-refractivity contribution in [3.05, 3.63) is 58.9 Å². The van der Waals surface area contributed by atoms with Crippen molar-refractivity contribution in [2.45, 2.75) is 25.5 Å². The molecule has 0 spiro atoms. The molecule has 1 aromatic heterocycles. The van der Waals surface area contributed by atoms with Gasteiger partial charge in [0.1, 0.15) is 0 Å². The maximum absolute atomic E-state index is 12.6. The average molecular weight is 396 g/mol. The van der Waals surface area contributed by atoms with Crippen LogP contribution < -0.4 is 16.2 Å². The normalized spacial score (nSPS) is 10.6. The van der Waals surface area contributed by atoms with E-state index in [0.717, 1.165) is 0 Å². The van der Waals surface area contributed by atoms with Crippen LogP contribution in [-0.2, 0) is 16.1 Å². The zero-order valence-electron chi connectivity index (χ0n) is 15.6. The fourth-order valence-electron chi connectivity index (χ4n) is 2.70. The highest BCUT2D eigenvalue weighted by molar-refractivity contribution is 7.99. The van der Waals surface area contributed by atoms with Gasteiger partial charge in [-0.15, -0.1) is 0 Å². The van der Waals surface area contributed by atoms with Crippen molar-refractivity contribution in [2.75, 3.05) is 16.4 Å². The van der Waals surface area contributed by atoms with E-state index in [1.54, 1.807) is 41.0 Å². The monoisotopic (exact) mass is 396 g/mol. The van der Waals surface area contributed by atoms with Crippen LogP contribution >= 0.6 is 11.8 Å². The van der Waals surface area contributed by atoms with Gasteiger partial charge in [-0.1, -0.05) is 23.9 Å². The number of nitrogens with zero attached hydrogens (tertiary/aromatic N) is 2. The number of amides is 2. The molecule has 144 valence electrons. The average Bonchev–Trinajstić information content (AvgIpc) is 2.68. The number of thioether (sulfide) groups is 1. The van der Waals surface area contributed by atoms with Crippen molar-refractivity contribution < 1.29 is 9.59 Å². The number of rotatable bonds is 6. The van der Waals surface area contributed by atoms with Gasteiger partial charge in [0.2, 0.25) is 11.8 Å². The summed E-state index contributed by atoms with van der Waals surface area (Å²) >= 11 is 1.22. The van der Waals surface area contributed by atoms with E-state index in [9.17, 15) is 14.4 Å². The van der Waals surface area contributed by atoms with Crippen LogP contribution in [0.3, 0.4) is 0 Å². The molecule has 0 aliphatic heterocycles. The first-order valence-electron chi connectivity index (χ1n) is 8.78. The van der Waals surface area contributed by atoms with E-state index in [4.69, 9.17) is 0 Å². The van der Waals surface area contributed by atoms with E-state index in [-0.39, 0.29) is 23.1 Å². The minimum absolute atomic E-state index is 0.107. The summed E-state index contributed by atoms with van der Waals surface area (Å²) in [5.74, 6) is -0.238. The van der Waals surface area contributed by atoms with Crippen LogP contribution in [0.1, 0.15) is 13.8 Å². The number of para-hydroxylation sites is 1. The molecule has 0 fully saturated rings. The number of anilines is 2. The summed E-state index contributed by atoms with van der Waals surface area (Å²) in [6, 6.07) is 14.0. The predicted molar refractivity (Wildman–Crippen MR) is 112 cm³/mol. The molecule has 2 aromatic carbocycles. The van der Waals surface area contributed by atoms with Gasteiger partial charge in [0.05, 0.1) is 16.7 Å². The van der Waals surface area contributed by atoms with Gasteiger partial charge in [0.25, 0.3) is 5.56 Å². The van der Waals surface area contributed by atoms with Crippen LogP contribution in [0.25, 0.3) is 10.9 Å². The SMILES string of the molecule is CCn1c(SCC(=O)Nc2ccc(NC(C)=O)cc2)nc2ccccc2c1=O. The molecule has 1 heterocycles. The number of aromatic nitrogens is 2. The molecule has 8 heteroatoms. The van der Waals surface area contributed by atoms with Crippen molar-refractivity contribution in [3.63, 3.8) is 0 Å². The van der Waals surface area contributed by atoms with E-state index >= 15 is 0 Å². The molecule has 2 amide bonds. The summed E-state index contributed by atoms with van der Waals surface area (Å²) in [6.07, 6.45) is 0. The zero-order valence-corrected chi connectivity index (χ0v) is 16.4. The summed E-state index contributed by atoms with van der Waals surface area (Å²) in [6.45, 7) is 3.79. The molecule has 0 saturated heterocycles. The highest BCUT2D eigenvalue weighted by atomic mass is 32.2. The van der Waals surface area contributed by atoms with Crippen LogP contribution in [0.15, 0.2) is 58.5 Å². The quantitative estimate of drug-likeness (QED) is 0.493. The van der Waals surface area contributed by atoms with E-state index in [1.807, 2.05) is 19.1 Å². The molecular weight excluding hydrogens is 376 g/mol. The van der Waals surface area contributed by atoms with Gasteiger partial charge in [-0.3, -0.25) is 19.0 Å². The number of hydrogen-bond donors (Lipinski definition) is 2. The molecule has 7 nitrogen and oxygen atoms in total. The van der Waals surface area contributed by atoms with Crippen molar-refractivity contribution >= 4 is 45.9 Å². The number of carbonyl (C=O) groups excluding carboxylic acids is 2. The number of hydrogen-bond acceptors (Lipinski definition) is 5. The molecule has 2 N–H and O–H groups in total. The van der Waals surface area contributed by atoms with Gasteiger partial charge in [-0.25, -0.2) is 4.98 Å². The fraction of sp³-hybridized carbons (Fsp3) is 0.200. The summed E-state index contributed by atoms with van der Waals surface area (Å²) in [5.41, 5.74) is 1.80. The Morgan fingerprint density at radius 2 is 1.68 bits per heavy atom. The minimum Gasteiger partial charge on any atom is -0.326 e. The first-order valence-corrected chi connectivity index (χ1v) is 9.76. The smallest absolute Gasteiger partial charge is 0.262 e. The number of nitrogens with one attached hydrogen (secondary N) is 2.